The van der Waals surface area contributed by atoms with E-state index in [2.05, 4.69) is 0 Å². The maximum absolute atomic E-state index is 13.8. The van der Waals surface area contributed by atoms with Gasteiger partial charge >= 0.3 is 0 Å². The van der Waals surface area contributed by atoms with Crippen molar-refractivity contribution in [3.8, 4) is 0 Å². The maximum atomic E-state index is 13.8. The van der Waals surface area contributed by atoms with Crippen LogP contribution >= 0.6 is 23.2 Å². The average Bonchev–Trinajstić information content (AvgIpc) is 3.06. The minimum atomic E-state index is -3.92. The summed E-state index contributed by atoms with van der Waals surface area (Å²) in [6, 6.07) is 5.26. The van der Waals surface area contributed by atoms with Crippen molar-refractivity contribution in [1.29, 1.82) is 0 Å². The van der Waals surface area contributed by atoms with Crippen molar-refractivity contribution in [3.63, 3.8) is 0 Å². The normalized spacial score (nSPS) is 27.1. The molecule has 0 N–H and O–H groups in total. The van der Waals surface area contributed by atoms with Crippen LogP contribution in [0.5, 0.6) is 0 Å². The molecule has 1 saturated heterocycles. The van der Waals surface area contributed by atoms with Crippen LogP contribution in [0.3, 0.4) is 0 Å². The Labute approximate surface area is 150 Å². The highest BCUT2D eigenvalue weighted by atomic mass is 35.5. The molecule has 1 atom stereocenters. The number of amides is 1. The number of rotatable bonds is 3. The van der Waals surface area contributed by atoms with Crippen molar-refractivity contribution in [3.05, 3.63) is 30.1 Å². The Hall–Kier alpha value is -0.890. The standard InChI is InChI=1S/C15H17Cl2FN2O3S/c1-14(10-15(14,16)17)13(21)19-6-8-20(9-7-19)24(22,23)12-5-3-2-4-11(12)18/h2-5H,6-10H2,1H3. The van der Waals surface area contributed by atoms with Gasteiger partial charge in [-0.25, -0.2) is 12.8 Å². The number of carbonyl (C=O) groups is 1. The van der Waals surface area contributed by atoms with Crippen LogP contribution in [0.4, 0.5) is 4.39 Å². The fraction of sp³-hybridized carbons (Fsp3) is 0.533. The van der Waals surface area contributed by atoms with Crippen LogP contribution < -0.4 is 0 Å². The molecule has 3 rings (SSSR count). The van der Waals surface area contributed by atoms with Crippen LogP contribution in [0.2, 0.25) is 0 Å². The zero-order valence-corrected chi connectivity index (χ0v) is 15.3. The first-order valence-corrected chi connectivity index (χ1v) is 9.71. The zero-order valence-electron chi connectivity index (χ0n) is 13.0. The Morgan fingerprint density at radius 3 is 2.21 bits per heavy atom. The van der Waals surface area contributed by atoms with Crippen LogP contribution in [-0.2, 0) is 14.8 Å². The van der Waals surface area contributed by atoms with Crippen molar-refractivity contribution in [2.75, 3.05) is 26.2 Å². The number of alkyl halides is 2. The lowest BCUT2D eigenvalue weighted by Crippen LogP contribution is -2.52. The molecule has 1 amide bonds. The number of halogens is 3. The predicted octanol–water partition coefficient (Wildman–Crippen LogP) is 2.24. The number of sulfonamides is 1. The van der Waals surface area contributed by atoms with Crippen LogP contribution in [0.25, 0.3) is 0 Å². The second-order valence-electron chi connectivity index (χ2n) is 6.34. The van der Waals surface area contributed by atoms with E-state index in [1.54, 1.807) is 11.8 Å². The fourth-order valence-electron chi connectivity index (χ4n) is 2.91. The summed E-state index contributed by atoms with van der Waals surface area (Å²) in [6.07, 6.45) is 0.385. The molecule has 0 bridgehead atoms. The Bertz CT molecular complexity index is 779. The molecule has 1 heterocycles. The summed E-state index contributed by atoms with van der Waals surface area (Å²) in [6.45, 7) is 2.38. The van der Waals surface area contributed by atoms with Gasteiger partial charge in [0.2, 0.25) is 15.9 Å². The molecule has 0 aromatic heterocycles. The highest BCUT2D eigenvalue weighted by Crippen LogP contribution is 2.64. The number of nitrogens with zero attached hydrogens (tertiary/aromatic N) is 2. The third-order valence-corrected chi connectivity index (χ3v) is 7.74. The third-order valence-electron chi connectivity index (χ3n) is 4.71. The van der Waals surface area contributed by atoms with E-state index in [9.17, 15) is 17.6 Å². The Kier molecular flexibility index (Phi) is 4.35. The molecule has 1 unspecified atom stereocenters. The number of carbonyl (C=O) groups excluding carboxylic acids is 1. The van der Waals surface area contributed by atoms with Gasteiger partial charge in [0.15, 0.2) is 0 Å². The smallest absolute Gasteiger partial charge is 0.246 e. The van der Waals surface area contributed by atoms with Crippen LogP contribution in [-0.4, -0.2) is 54.0 Å². The third kappa shape index (κ3) is 2.81. The molecule has 1 aliphatic carbocycles. The lowest BCUT2D eigenvalue weighted by molar-refractivity contribution is -0.137. The van der Waals surface area contributed by atoms with Gasteiger partial charge in [-0.05, 0) is 25.5 Å². The van der Waals surface area contributed by atoms with Crippen LogP contribution in [0.15, 0.2) is 29.2 Å². The molecule has 5 nitrogen and oxygen atoms in total. The predicted molar refractivity (Wildman–Crippen MR) is 88.9 cm³/mol. The molecule has 24 heavy (non-hydrogen) atoms. The topological polar surface area (TPSA) is 57.7 Å². The summed E-state index contributed by atoms with van der Waals surface area (Å²) in [5.74, 6) is -0.953. The number of piperazine rings is 1. The van der Waals surface area contributed by atoms with E-state index < -0.39 is 25.6 Å². The summed E-state index contributed by atoms with van der Waals surface area (Å²) >= 11 is 12.1. The van der Waals surface area contributed by atoms with Gasteiger partial charge in [-0.3, -0.25) is 4.79 Å². The van der Waals surface area contributed by atoms with E-state index in [-0.39, 0.29) is 37.0 Å². The molecule has 2 aliphatic rings. The lowest BCUT2D eigenvalue weighted by atomic mass is 10.1. The minimum Gasteiger partial charge on any atom is -0.339 e. The van der Waals surface area contributed by atoms with Crippen LogP contribution in [0, 0.1) is 11.2 Å². The number of benzene rings is 1. The summed E-state index contributed by atoms with van der Waals surface area (Å²) in [5.41, 5.74) is -0.817. The SMILES string of the molecule is CC1(C(=O)N2CCN(S(=O)(=O)c3ccccc3F)CC2)CC1(Cl)Cl. The quantitative estimate of drug-likeness (QED) is 0.738. The fourth-order valence-corrected chi connectivity index (χ4v) is 5.09. The monoisotopic (exact) mass is 394 g/mol. The van der Waals surface area contributed by atoms with Gasteiger partial charge in [-0.1, -0.05) is 12.1 Å². The zero-order chi connectivity index (χ0) is 17.8. The molecule has 1 saturated carbocycles. The van der Waals surface area contributed by atoms with Crippen molar-refractivity contribution >= 4 is 39.1 Å². The first kappa shape index (κ1) is 17.9. The second kappa shape index (κ2) is 5.83. The van der Waals surface area contributed by atoms with Crippen molar-refractivity contribution < 1.29 is 17.6 Å². The van der Waals surface area contributed by atoms with Gasteiger partial charge in [0.05, 0.1) is 5.41 Å². The van der Waals surface area contributed by atoms with E-state index in [1.807, 2.05) is 0 Å². The van der Waals surface area contributed by atoms with Crippen molar-refractivity contribution in [1.82, 2.24) is 9.21 Å². The van der Waals surface area contributed by atoms with Gasteiger partial charge in [0.1, 0.15) is 15.0 Å². The second-order valence-corrected chi connectivity index (χ2v) is 9.73. The molecule has 0 spiro atoms. The van der Waals surface area contributed by atoms with Gasteiger partial charge in [0.25, 0.3) is 0 Å². The molecular weight excluding hydrogens is 378 g/mol. The van der Waals surface area contributed by atoms with Gasteiger partial charge in [0, 0.05) is 26.2 Å². The van der Waals surface area contributed by atoms with Crippen molar-refractivity contribution in [2.45, 2.75) is 22.6 Å². The van der Waals surface area contributed by atoms with E-state index in [0.29, 0.717) is 6.42 Å². The van der Waals surface area contributed by atoms with Gasteiger partial charge in [-0.2, -0.15) is 4.31 Å². The molecule has 9 heteroatoms. The molecule has 1 aromatic rings. The van der Waals surface area contributed by atoms with Gasteiger partial charge in [-0.15, -0.1) is 23.2 Å². The Morgan fingerprint density at radius 2 is 1.71 bits per heavy atom. The van der Waals surface area contributed by atoms with E-state index in [0.717, 1.165) is 6.07 Å². The average molecular weight is 395 g/mol. The Morgan fingerprint density at radius 1 is 1.17 bits per heavy atom. The Balaban J connectivity index is 1.70. The molecule has 2 fully saturated rings. The van der Waals surface area contributed by atoms with Gasteiger partial charge < -0.3 is 4.90 Å². The van der Waals surface area contributed by atoms with Crippen LogP contribution in [0.1, 0.15) is 13.3 Å². The molecule has 0 radical (unpaired) electrons. The highest BCUT2D eigenvalue weighted by molar-refractivity contribution is 7.89. The lowest BCUT2D eigenvalue weighted by Gasteiger charge is -2.35. The highest BCUT2D eigenvalue weighted by Gasteiger charge is 2.68. The van der Waals surface area contributed by atoms with E-state index in [4.69, 9.17) is 23.2 Å². The summed E-state index contributed by atoms with van der Waals surface area (Å²) in [4.78, 5) is 13.7. The molecular formula is C15H17Cl2FN2O3S. The molecule has 132 valence electrons. The minimum absolute atomic E-state index is 0.107. The molecule has 1 aliphatic heterocycles. The molecule has 1 aromatic carbocycles. The summed E-state index contributed by atoms with van der Waals surface area (Å²) in [5, 5.41) is 0. The summed E-state index contributed by atoms with van der Waals surface area (Å²) < 4.78 is 39.0. The first-order valence-electron chi connectivity index (χ1n) is 7.51. The van der Waals surface area contributed by atoms with Crippen molar-refractivity contribution in [2.24, 2.45) is 5.41 Å². The van der Waals surface area contributed by atoms with E-state index >= 15 is 0 Å². The largest absolute Gasteiger partial charge is 0.339 e. The van der Waals surface area contributed by atoms with E-state index in [1.165, 1.54) is 22.5 Å². The number of hydrogen-bond acceptors (Lipinski definition) is 3. The first-order chi connectivity index (χ1) is 11.1. The number of hydrogen-bond donors (Lipinski definition) is 0. The summed E-state index contributed by atoms with van der Waals surface area (Å²) in [7, 11) is -3.92. The maximum Gasteiger partial charge on any atom is 0.246 e.